The number of amides is 1. The number of nitrogens with two attached hydrogens (primary N) is 1. The highest BCUT2D eigenvalue weighted by molar-refractivity contribution is 6.07. The molecule has 0 spiro atoms. The van der Waals surface area contributed by atoms with Crippen molar-refractivity contribution in [1.29, 1.82) is 0 Å². The van der Waals surface area contributed by atoms with Gasteiger partial charge in [-0.25, -0.2) is 4.98 Å². The molecule has 2 aromatic carbocycles. The van der Waals surface area contributed by atoms with Gasteiger partial charge in [0.05, 0.1) is 5.56 Å². The van der Waals surface area contributed by atoms with Gasteiger partial charge in [0.1, 0.15) is 17.3 Å². The van der Waals surface area contributed by atoms with Crippen molar-refractivity contribution in [2.45, 2.75) is 39.5 Å². The number of nitrogens with zero attached hydrogens (tertiary/aromatic N) is 1. The van der Waals surface area contributed by atoms with Gasteiger partial charge >= 0.3 is 0 Å². The van der Waals surface area contributed by atoms with E-state index in [1.165, 1.54) is 5.56 Å². The van der Waals surface area contributed by atoms with E-state index in [4.69, 9.17) is 10.5 Å². The Balaban J connectivity index is 1.66. The molecule has 29 heavy (non-hydrogen) atoms. The third-order valence-corrected chi connectivity index (χ3v) is 4.81. The van der Waals surface area contributed by atoms with Crippen molar-refractivity contribution in [1.82, 2.24) is 4.98 Å². The molecule has 0 bridgehead atoms. The SMILES string of the molecule is CCCC(C)c1cccc(Oc2ccc(NC(=O)c3ccc(C)nc3N)cc2)c1. The van der Waals surface area contributed by atoms with Crippen LogP contribution in [0.5, 0.6) is 11.5 Å². The highest BCUT2D eigenvalue weighted by Crippen LogP contribution is 2.28. The number of nitrogen functional groups attached to an aromatic ring is 1. The third-order valence-electron chi connectivity index (χ3n) is 4.81. The second-order valence-corrected chi connectivity index (χ2v) is 7.23. The number of ether oxygens (including phenoxy) is 1. The largest absolute Gasteiger partial charge is 0.457 e. The standard InChI is InChI=1S/C24H27N3O2/c1-4-6-16(2)18-7-5-8-21(15-18)29-20-12-10-19(11-13-20)27-24(28)22-14-9-17(3)26-23(22)25/h5,7-16H,4,6H2,1-3H3,(H2,25,26)(H,27,28). The van der Waals surface area contributed by atoms with Crippen molar-refractivity contribution >= 4 is 17.4 Å². The Bertz CT molecular complexity index is 984. The molecule has 3 N–H and O–H groups in total. The fourth-order valence-corrected chi connectivity index (χ4v) is 3.19. The lowest BCUT2D eigenvalue weighted by Gasteiger charge is -2.13. The van der Waals surface area contributed by atoms with Crippen LogP contribution in [0.1, 0.15) is 54.2 Å². The van der Waals surface area contributed by atoms with Gasteiger partial charge in [-0.1, -0.05) is 32.4 Å². The fraction of sp³-hybridized carbons (Fsp3) is 0.250. The summed E-state index contributed by atoms with van der Waals surface area (Å²) in [6, 6.07) is 18.9. The lowest BCUT2D eigenvalue weighted by atomic mass is 9.96. The number of carbonyl (C=O) groups is 1. The number of anilines is 2. The Labute approximate surface area is 171 Å². The predicted octanol–water partition coefficient (Wildman–Crippen LogP) is 5.92. The summed E-state index contributed by atoms with van der Waals surface area (Å²) in [6.07, 6.45) is 2.31. The first-order valence-corrected chi connectivity index (χ1v) is 9.88. The van der Waals surface area contributed by atoms with Crippen LogP contribution in [0.3, 0.4) is 0 Å². The summed E-state index contributed by atoms with van der Waals surface area (Å²) in [5, 5.41) is 2.83. The average Bonchev–Trinajstić information content (AvgIpc) is 2.70. The number of aromatic nitrogens is 1. The summed E-state index contributed by atoms with van der Waals surface area (Å²) in [6.45, 7) is 6.26. The Hall–Kier alpha value is -3.34. The number of carbonyl (C=O) groups excluding carboxylic acids is 1. The summed E-state index contributed by atoms with van der Waals surface area (Å²) in [4.78, 5) is 16.5. The van der Waals surface area contributed by atoms with E-state index in [2.05, 4.69) is 36.3 Å². The Morgan fingerprint density at radius 1 is 1.10 bits per heavy atom. The van der Waals surface area contributed by atoms with Gasteiger partial charge in [0.25, 0.3) is 5.91 Å². The van der Waals surface area contributed by atoms with Crippen LogP contribution >= 0.6 is 0 Å². The number of hydrogen-bond acceptors (Lipinski definition) is 4. The Morgan fingerprint density at radius 2 is 1.86 bits per heavy atom. The number of rotatable bonds is 7. The quantitative estimate of drug-likeness (QED) is 0.526. The zero-order valence-electron chi connectivity index (χ0n) is 17.1. The third kappa shape index (κ3) is 5.35. The molecule has 150 valence electrons. The maximum Gasteiger partial charge on any atom is 0.259 e. The lowest BCUT2D eigenvalue weighted by Crippen LogP contribution is -2.15. The van der Waals surface area contributed by atoms with Gasteiger partial charge in [0.2, 0.25) is 0 Å². The van der Waals surface area contributed by atoms with Crippen molar-refractivity contribution in [3.05, 3.63) is 77.5 Å². The fourth-order valence-electron chi connectivity index (χ4n) is 3.19. The Morgan fingerprint density at radius 3 is 2.55 bits per heavy atom. The van der Waals surface area contributed by atoms with Gasteiger partial charge in [-0.15, -0.1) is 0 Å². The summed E-state index contributed by atoms with van der Waals surface area (Å²) < 4.78 is 5.98. The molecule has 0 radical (unpaired) electrons. The van der Waals surface area contributed by atoms with E-state index in [9.17, 15) is 4.79 Å². The number of benzene rings is 2. The van der Waals surface area contributed by atoms with Crippen molar-refractivity contribution < 1.29 is 9.53 Å². The molecule has 0 aliphatic rings. The molecule has 0 aliphatic carbocycles. The van der Waals surface area contributed by atoms with Crippen LogP contribution in [-0.2, 0) is 0 Å². The van der Waals surface area contributed by atoms with Gasteiger partial charge in [-0.2, -0.15) is 0 Å². The zero-order valence-corrected chi connectivity index (χ0v) is 17.1. The number of aryl methyl sites for hydroxylation is 1. The molecule has 1 amide bonds. The summed E-state index contributed by atoms with van der Waals surface area (Å²) in [5.74, 6) is 1.95. The van der Waals surface area contributed by atoms with Crippen LogP contribution in [0.2, 0.25) is 0 Å². The summed E-state index contributed by atoms with van der Waals surface area (Å²) >= 11 is 0. The number of hydrogen-bond donors (Lipinski definition) is 2. The minimum atomic E-state index is -0.290. The van der Waals surface area contributed by atoms with Gasteiger partial charge < -0.3 is 15.8 Å². The smallest absolute Gasteiger partial charge is 0.259 e. The first-order chi connectivity index (χ1) is 14.0. The molecular formula is C24H27N3O2. The average molecular weight is 389 g/mol. The second kappa shape index (κ2) is 9.24. The number of nitrogens with one attached hydrogen (secondary N) is 1. The van der Waals surface area contributed by atoms with Gasteiger partial charge in [-0.05, 0) is 73.4 Å². The van der Waals surface area contributed by atoms with Crippen LogP contribution in [-0.4, -0.2) is 10.9 Å². The second-order valence-electron chi connectivity index (χ2n) is 7.23. The minimum absolute atomic E-state index is 0.222. The normalized spacial score (nSPS) is 11.7. The molecule has 1 unspecified atom stereocenters. The predicted molar refractivity (Wildman–Crippen MR) is 118 cm³/mol. The molecule has 3 aromatic rings. The first kappa shape index (κ1) is 20.4. The molecule has 0 saturated carbocycles. The lowest BCUT2D eigenvalue weighted by molar-refractivity contribution is 0.102. The molecule has 0 saturated heterocycles. The molecule has 3 rings (SSSR count). The van der Waals surface area contributed by atoms with E-state index in [0.717, 1.165) is 24.3 Å². The minimum Gasteiger partial charge on any atom is -0.457 e. The number of pyridine rings is 1. The first-order valence-electron chi connectivity index (χ1n) is 9.88. The molecular weight excluding hydrogens is 362 g/mol. The molecule has 0 fully saturated rings. The molecule has 0 aliphatic heterocycles. The topological polar surface area (TPSA) is 77.2 Å². The van der Waals surface area contributed by atoms with Crippen LogP contribution < -0.4 is 15.8 Å². The van der Waals surface area contributed by atoms with Gasteiger partial charge in [0.15, 0.2) is 0 Å². The van der Waals surface area contributed by atoms with E-state index < -0.39 is 0 Å². The van der Waals surface area contributed by atoms with Gasteiger partial charge in [-0.3, -0.25) is 4.79 Å². The molecule has 1 aromatic heterocycles. The highest BCUT2D eigenvalue weighted by Gasteiger charge is 2.11. The zero-order chi connectivity index (χ0) is 20.8. The van der Waals surface area contributed by atoms with Gasteiger partial charge in [0, 0.05) is 11.4 Å². The Kier molecular flexibility index (Phi) is 6.50. The van der Waals surface area contributed by atoms with Crippen molar-refractivity contribution in [2.24, 2.45) is 0 Å². The van der Waals surface area contributed by atoms with E-state index in [0.29, 0.717) is 22.9 Å². The summed E-state index contributed by atoms with van der Waals surface area (Å²) in [5.41, 5.74) is 8.91. The van der Waals surface area contributed by atoms with Crippen molar-refractivity contribution in [2.75, 3.05) is 11.1 Å². The van der Waals surface area contributed by atoms with Crippen molar-refractivity contribution in [3.8, 4) is 11.5 Å². The molecule has 5 nitrogen and oxygen atoms in total. The van der Waals surface area contributed by atoms with Crippen LogP contribution in [0, 0.1) is 6.92 Å². The maximum atomic E-state index is 12.4. The van der Waals surface area contributed by atoms with Crippen LogP contribution in [0.25, 0.3) is 0 Å². The molecule has 5 heteroatoms. The maximum absolute atomic E-state index is 12.4. The van der Waals surface area contributed by atoms with Crippen molar-refractivity contribution in [3.63, 3.8) is 0 Å². The highest BCUT2D eigenvalue weighted by atomic mass is 16.5. The van der Waals surface area contributed by atoms with E-state index in [1.807, 2.05) is 31.2 Å². The molecule has 1 atom stereocenters. The summed E-state index contributed by atoms with van der Waals surface area (Å²) in [7, 11) is 0. The van der Waals surface area contributed by atoms with E-state index in [-0.39, 0.29) is 11.7 Å². The van der Waals surface area contributed by atoms with E-state index >= 15 is 0 Å². The van der Waals surface area contributed by atoms with Crippen LogP contribution in [0.4, 0.5) is 11.5 Å². The monoisotopic (exact) mass is 389 g/mol. The van der Waals surface area contributed by atoms with Crippen LogP contribution in [0.15, 0.2) is 60.7 Å². The van der Waals surface area contributed by atoms with E-state index in [1.54, 1.807) is 24.3 Å². The molecule has 1 heterocycles.